The lowest BCUT2D eigenvalue weighted by atomic mass is 10.1. The van der Waals surface area contributed by atoms with Crippen LogP contribution in [0, 0.1) is 6.92 Å². The first-order valence-electron chi connectivity index (χ1n) is 6.06. The molecule has 2 aromatic carbocycles. The summed E-state index contributed by atoms with van der Waals surface area (Å²) in [5, 5.41) is 12.6. The number of anilines is 2. The summed E-state index contributed by atoms with van der Waals surface area (Å²) in [5.41, 5.74) is 7.61. The Morgan fingerprint density at radius 1 is 1.30 bits per heavy atom. The fourth-order valence-electron chi connectivity index (χ4n) is 1.85. The molecule has 5 heteroatoms. The number of phenolic OH excluding ortho intramolecular Hbond substituents is 1. The van der Waals surface area contributed by atoms with Crippen LogP contribution in [0.5, 0.6) is 11.5 Å². The normalized spacial score (nSPS) is 10.1. The first-order valence-corrected chi connectivity index (χ1v) is 6.06. The second-order valence-electron chi connectivity index (χ2n) is 4.38. The van der Waals surface area contributed by atoms with E-state index in [4.69, 9.17) is 10.5 Å². The van der Waals surface area contributed by atoms with Gasteiger partial charge in [0, 0.05) is 5.69 Å². The van der Waals surface area contributed by atoms with Crippen LogP contribution < -0.4 is 15.8 Å². The topological polar surface area (TPSA) is 84.6 Å². The average Bonchev–Trinajstić information content (AvgIpc) is 2.42. The molecular formula is C15H16N2O3. The van der Waals surface area contributed by atoms with Crippen molar-refractivity contribution >= 4 is 17.3 Å². The molecule has 0 aromatic heterocycles. The first kappa shape index (κ1) is 13.7. The highest BCUT2D eigenvalue weighted by molar-refractivity contribution is 6.06. The van der Waals surface area contributed by atoms with Crippen molar-refractivity contribution in [3.8, 4) is 11.5 Å². The molecule has 0 radical (unpaired) electrons. The smallest absolute Gasteiger partial charge is 0.259 e. The zero-order chi connectivity index (χ0) is 14.7. The number of methoxy groups -OCH3 is 1. The number of nitrogens with two attached hydrogens (primary N) is 1. The SMILES string of the molecule is COc1ccc(NC(=O)c2cccc(C)c2O)cc1N. The summed E-state index contributed by atoms with van der Waals surface area (Å²) in [6, 6.07) is 9.96. The number of aromatic hydroxyl groups is 1. The van der Waals surface area contributed by atoms with E-state index in [-0.39, 0.29) is 11.3 Å². The van der Waals surface area contributed by atoms with E-state index in [9.17, 15) is 9.90 Å². The molecule has 104 valence electrons. The molecule has 0 heterocycles. The molecule has 0 aliphatic carbocycles. The van der Waals surface area contributed by atoms with Crippen molar-refractivity contribution in [2.24, 2.45) is 0 Å². The number of benzene rings is 2. The van der Waals surface area contributed by atoms with Crippen LogP contribution in [0.1, 0.15) is 15.9 Å². The van der Waals surface area contributed by atoms with E-state index in [0.717, 1.165) is 0 Å². The van der Waals surface area contributed by atoms with Gasteiger partial charge in [-0.05, 0) is 36.8 Å². The molecule has 1 amide bonds. The van der Waals surface area contributed by atoms with E-state index in [1.165, 1.54) is 7.11 Å². The van der Waals surface area contributed by atoms with E-state index in [1.54, 1.807) is 43.3 Å². The Hall–Kier alpha value is -2.69. The number of aryl methyl sites for hydroxylation is 1. The van der Waals surface area contributed by atoms with Gasteiger partial charge in [0.1, 0.15) is 11.5 Å². The summed E-state index contributed by atoms with van der Waals surface area (Å²) in [7, 11) is 1.52. The minimum absolute atomic E-state index is 0.0218. The van der Waals surface area contributed by atoms with E-state index >= 15 is 0 Å². The second kappa shape index (κ2) is 5.52. The standard InChI is InChI=1S/C15H16N2O3/c1-9-4-3-5-11(14(9)18)15(19)17-10-6-7-13(20-2)12(16)8-10/h3-8,18H,16H2,1-2H3,(H,17,19). The number of hydrogen-bond donors (Lipinski definition) is 3. The Morgan fingerprint density at radius 3 is 2.70 bits per heavy atom. The lowest BCUT2D eigenvalue weighted by molar-refractivity contribution is 0.102. The number of para-hydroxylation sites is 1. The lowest BCUT2D eigenvalue weighted by Crippen LogP contribution is -2.12. The number of nitrogens with one attached hydrogen (secondary N) is 1. The van der Waals surface area contributed by atoms with Crippen molar-refractivity contribution in [1.82, 2.24) is 0 Å². The minimum Gasteiger partial charge on any atom is -0.507 e. The van der Waals surface area contributed by atoms with Gasteiger partial charge >= 0.3 is 0 Å². The van der Waals surface area contributed by atoms with Crippen LogP contribution in [0.4, 0.5) is 11.4 Å². The molecule has 0 spiro atoms. The van der Waals surface area contributed by atoms with Gasteiger partial charge in [-0.1, -0.05) is 12.1 Å². The Bertz CT molecular complexity index is 654. The van der Waals surface area contributed by atoms with Crippen molar-refractivity contribution in [2.45, 2.75) is 6.92 Å². The molecule has 0 saturated heterocycles. The third kappa shape index (κ3) is 2.66. The fourth-order valence-corrected chi connectivity index (χ4v) is 1.85. The monoisotopic (exact) mass is 272 g/mol. The van der Waals surface area contributed by atoms with Crippen LogP contribution in [-0.2, 0) is 0 Å². The van der Waals surface area contributed by atoms with Gasteiger partial charge in [0.25, 0.3) is 5.91 Å². The first-order chi connectivity index (χ1) is 9.52. The number of hydrogen-bond acceptors (Lipinski definition) is 4. The average molecular weight is 272 g/mol. The summed E-state index contributed by atoms with van der Waals surface area (Å²) in [5.74, 6) is 0.128. The molecule has 0 unspecified atom stereocenters. The highest BCUT2D eigenvalue weighted by Crippen LogP contribution is 2.26. The maximum Gasteiger partial charge on any atom is 0.259 e. The molecule has 0 aliphatic heterocycles. The predicted molar refractivity (Wildman–Crippen MR) is 78.2 cm³/mol. The quantitative estimate of drug-likeness (QED) is 0.750. The number of ether oxygens (including phenoxy) is 1. The highest BCUT2D eigenvalue weighted by atomic mass is 16.5. The van der Waals surface area contributed by atoms with Gasteiger partial charge in [-0.15, -0.1) is 0 Å². The van der Waals surface area contributed by atoms with E-state index in [2.05, 4.69) is 5.32 Å². The largest absolute Gasteiger partial charge is 0.507 e. The molecule has 2 rings (SSSR count). The van der Waals surface area contributed by atoms with E-state index < -0.39 is 5.91 Å². The van der Waals surface area contributed by atoms with Gasteiger partial charge in [-0.3, -0.25) is 4.79 Å². The molecule has 0 aliphatic rings. The van der Waals surface area contributed by atoms with Crippen LogP contribution >= 0.6 is 0 Å². The van der Waals surface area contributed by atoms with Crippen LogP contribution in [0.15, 0.2) is 36.4 Å². The van der Waals surface area contributed by atoms with Crippen molar-refractivity contribution in [3.05, 3.63) is 47.5 Å². The number of carbonyl (C=O) groups excluding carboxylic acids is 1. The molecule has 0 saturated carbocycles. The number of carbonyl (C=O) groups is 1. The van der Waals surface area contributed by atoms with Gasteiger partial charge in [0.15, 0.2) is 0 Å². The summed E-state index contributed by atoms with van der Waals surface area (Å²) >= 11 is 0. The number of phenols is 1. The summed E-state index contributed by atoms with van der Waals surface area (Å²) < 4.78 is 5.05. The van der Waals surface area contributed by atoms with Crippen LogP contribution in [0.2, 0.25) is 0 Å². The highest BCUT2D eigenvalue weighted by Gasteiger charge is 2.13. The van der Waals surface area contributed by atoms with Crippen molar-refractivity contribution < 1.29 is 14.6 Å². The van der Waals surface area contributed by atoms with Crippen LogP contribution in [0.25, 0.3) is 0 Å². The second-order valence-corrected chi connectivity index (χ2v) is 4.38. The number of rotatable bonds is 3. The molecule has 2 aromatic rings. The Labute approximate surface area is 117 Å². The minimum atomic E-state index is -0.393. The van der Waals surface area contributed by atoms with E-state index in [0.29, 0.717) is 22.7 Å². The van der Waals surface area contributed by atoms with Crippen LogP contribution in [0.3, 0.4) is 0 Å². The van der Waals surface area contributed by atoms with Crippen LogP contribution in [-0.4, -0.2) is 18.1 Å². The summed E-state index contributed by atoms with van der Waals surface area (Å²) in [6.07, 6.45) is 0. The number of nitrogen functional groups attached to an aromatic ring is 1. The Morgan fingerprint density at radius 2 is 2.05 bits per heavy atom. The van der Waals surface area contributed by atoms with Gasteiger partial charge in [-0.25, -0.2) is 0 Å². The van der Waals surface area contributed by atoms with Crippen molar-refractivity contribution in [3.63, 3.8) is 0 Å². The van der Waals surface area contributed by atoms with Gasteiger partial charge in [0.2, 0.25) is 0 Å². The molecule has 5 nitrogen and oxygen atoms in total. The molecular weight excluding hydrogens is 256 g/mol. The maximum atomic E-state index is 12.1. The Balaban J connectivity index is 2.24. The lowest BCUT2D eigenvalue weighted by Gasteiger charge is -2.10. The predicted octanol–water partition coefficient (Wildman–Crippen LogP) is 2.54. The zero-order valence-electron chi connectivity index (χ0n) is 11.3. The summed E-state index contributed by atoms with van der Waals surface area (Å²) in [6.45, 7) is 1.73. The molecule has 20 heavy (non-hydrogen) atoms. The molecule has 0 bridgehead atoms. The third-order valence-electron chi connectivity index (χ3n) is 2.97. The third-order valence-corrected chi connectivity index (χ3v) is 2.97. The number of amides is 1. The van der Waals surface area contributed by atoms with Gasteiger partial charge in [0.05, 0.1) is 18.4 Å². The zero-order valence-corrected chi connectivity index (χ0v) is 11.3. The van der Waals surface area contributed by atoms with E-state index in [1.807, 2.05) is 0 Å². The Kier molecular flexibility index (Phi) is 3.79. The van der Waals surface area contributed by atoms with Gasteiger partial charge < -0.3 is 20.9 Å². The van der Waals surface area contributed by atoms with Crippen molar-refractivity contribution in [1.29, 1.82) is 0 Å². The maximum absolute atomic E-state index is 12.1. The molecule has 0 fully saturated rings. The molecule has 4 N–H and O–H groups in total. The molecule has 0 atom stereocenters. The summed E-state index contributed by atoms with van der Waals surface area (Å²) in [4.78, 5) is 12.1. The van der Waals surface area contributed by atoms with Gasteiger partial charge in [-0.2, -0.15) is 0 Å². The van der Waals surface area contributed by atoms with Crippen molar-refractivity contribution in [2.75, 3.05) is 18.2 Å². The fraction of sp³-hybridized carbons (Fsp3) is 0.133.